The second-order valence-corrected chi connectivity index (χ2v) is 5.36. The van der Waals surface area contributed by atoms with E-state index in [2.05, 4.69) is 10.6 Å². The lowest BCUT2D eigenvalue weighted by Crippen LogP contribution is -2.51. The minimum absolute atomic E-state index is 0.000206. The van der Waals surface area contributed by atoms with E-state index < -0.39 is 5.54 Å². The molecule has 1 unspecified atom stereocenters. The first-order valence-electron chi connectivity index (χ1n) is 7.01. The highest BCUT2D eigenvalue weighted by Gasteiger charge is 2.35. The van der Waals surface area contributed by atoms with E-state index in [1.54, 1.807) is 4.90 Å². The van der Waals surface area contributed by atoms with Gasteiger partial charge in [-0.05, 0) is 26.3 Å². The standard InChI is InChI=1S/C13H23N3O3/c1-13(4-2-5-15-13)12(18)14-6-3-11(17)16-7-9-19-10-8-16/h15H,2-10H2,1H3,(H,14,18). The minimum atomic E-state index is -0.456. The Morgan fingerprint density at radius 3 is 2.74 bits per heavy atom. The first kappa shape index (κ1) is 14.3. The Labute approximate surface area is 113 Å². The molecule has 2 aliphatic rings. The van der Waals surface area contributed by atoms with E-state index in [0.717, 1.165) is 19.4 Å². The molecular formula is C13H23N3O3. The second kappa shape index (κ2) is 6.34. The van der Waals surface area contributed by atoms with Gasteiger partial charge in [-0.25, -0.2) is 0 Å². The molecule has 0 bridgehead atoms. The van der Waals surface area contributed by atoms with Crippen LogP contribution in [0.2, 0.25) is 0 Å². The van der Waals surface area contributed by atoms with Crippen LogP contribution >= 0.6 is 0 Å². The number of carbonyl (C=O) groups excluding carboxylic acids is 2. The van der Waals surface area contributed by atoms with Gasteiger partial charge in [-0.15, -0.1) is 0 Å². The van der Waals surface area contributed by atoms with E-state index in [0.29, 0.717) is 39.3 Å². The molecule has 0 saturated carbocycles. The zero-order valence-electron chi connectivity index (χ0n) is 11.5. The third-order valence-corrected chi connectivity index (χ3v) is 3.86. The minimum Gasteiger partial charge on any atom is -0.378 e. The van der Waals surface area contributed by atoms with Gasteiger partial charge in [0.05, 0.1) is 18.8 Å². The molecule has 0 aromatic rings. The fourth-order valence-electron chi connectivity index (χ4n) is 2.54. The van der Waals surface area contributed by atoms with Crippen LogP contribution in [0.3, 0.4) is 0 Å². The summed E-state index contributed by atoms with van der Waals surface area (Å²) in [6.45, 7) is 5.75. The van der Waals surface area contributed by atoms with E-state index in [1.165, 1.54) is 0 Å². The highest BCUT2D eigenvalue weighted by molar-refractivity contribution is 5.86. The molecule has 0 aliphatic carbocycles. The molecule has 2 N–H and O–H groups in total. The molecule has 2 amide bonds. The van der Waals surface area contributed by atoms with Crippen molar-refractivity contribution in [3.05, 3.63) is 0 Å². The summed E-state index contributed by atoms with van der Waals surface area (Å²) in [7, 11) is 0. The van der Waals surface area contributed by atoms with Crippen molar-refractivity contribution in [2.75, 3.05) is 39.4 Å². The SMILES string of the molecule is CC1(C(=O)NCCC(=O)N2CCOCC2)CCCN1. The number of nitrogens with zero attached hydrogens (tertiary/aromatic N) is 1. The number of nitrogens with one attached hydrogen (secondary N) is 2. The van der Waals surface area contributed by atoms with Crippen molar-refractivity contribution in [1.82, 2.24) is 15.5 Å². The summed E-state index contributed by atoms with van der Waals surface area (Å²) < 4.78 is 5.20. The molecule has 1 atom stereocenters. The molecule has 2 aliphatic heterocycles. The Morgan fingerprint density at radius 2 is 2.11 bits per heavy atom. The molecule has 0 spiro atoms. The predicted molar refractivity (Wildman–Crippen MR) is 70.7 cm³/mol. The third-order valence-electron chi connectivity index (χ3n) is 3.86. The normalized spacial score (nSPS) is 27.3. The van der Waals surface area contributed by atoms with Crippen molar-refractivity contribution in [2.45, 2.75) is 31.7 Å². The van der Waals surface area contributed by atoms with E-state index in [4.69, 9.17) is 4.74 Å². The van der Waals surface area contributed by atoms with Gasteiger partial charge in [0.25, 0.3) is 0 Å². The topological polar surface area (TPSA) is 70.7 Å². The Morgan fingerprint density at radius 1 is 1.37 bits per heavy atom. The summed E-state index contributed by atoms with van der Waals surface area (Å²) in [6, 6.07) is 0. The summed E-state index contributed by atoms with van der Waals surface area (Å²) in [5.41, 5.74) is -0.456. The van der Waals surface area contributed by atoms with Gasteiger partial charge in [0.1, 0.15) is 0 Å². The average molecular weight is 269 g/mol. The van der Waals surface area contributed by atoms with Crippen LogP contribution in [0, 0.1) is 0 Å². The van der Waals surface area contributed by atoms with Crippen molar-refractivity contribution in [2.24, 2.45) is 0 Å². The maximum absolute atomic E-state index is 12.0. The molecule has 6 heteroatoms. The van der Waals surface area contributed by atoms with Gasteiger partial charge in [0.15, 0.2) is 0 Å². The van der Waals surface area contributed by atoms with Crippen molar-refractivity contribution in [1.29, 1.82) is 0 Å². The summed E-state index contributed by atoms with van der Waals surface area (Å²) in [6.07, 6.45) is 2.24. The summed E-state index contributed by atoms with van der Waals surface area (Å²) in [4.78, 5) is 25.7. The lowest BCUT2D eigenvalue weighted by molar-refractivity contribution is -0.135. The van der Waals surface area contributed by atoms with Crippen LogP contribution in [0.25, 0.3) is 0 Å². The molecule has 2 heterocycles. The van der Waals surface area contributed by atoms with E-state index in [9.17, 15) is 9.59 Å². The van der Waals surface area contributed by atoms with Crippen LogP contribution < -0.4 is 10.6 Å². The number of ether oxygens (including phenoxy) is 1. The maximum Gasteiger partial charge on any atom is 0.240 e. The molecule has 108 valence electrons. The van der Waals surface area contributed by atoms with Gasteiger partial charge < -0.3 is 20.3 Å². The molecule has 2 fully saturated rings. The second-order valence-electron chi connectivity index (χ2n) is 5.36. The number of hydrogen-bond acceptors (Lipinski definition) is 4. The van der Waals surface area contributed by atoms with Crippen LogP contribution in [0.4, 0.5) is 0 Å². The number of morpholine rings is 1. The summed E-state index contributed by atoms with van der Waals surface area (Å²) in [5, 5.41) is 6.07. The molecule has 2 saturated heterocycles. The number of carbonyl (C=O) groups is 2. The molecule has 2 rings (SSSR count). The summed E-state index contributed by atoms with van der Waals surface area (Å²) >= 11 is 0. The smallest absolute Gasteiger partial charge is 0.240 e. The molecule has 0 aromatic carbocycles. The lowest BCUT2D eigenvalue weighted by Gasteiger charge is -2.27. The number of amides is 2. The van der Waals surface area contributed by atoms with Crippen LogP contribution in [0.1, 0.15) is 26.2 Å². The van der Waals surface area contributed by atoms with Gasteiger partial charge in [-0.2, -0.15) is 0 Å². The van der Waals surface area contributed by atoms with Gasteiger partial charge in [-0.3, -0.25) is 9.59 Å². The van der Waals surface area contributed by atoms with Crippen LogP contribution in [-0.4, -0.2) is 61.6 Å². The fraction of sp³-hybridized carbons (Fsp3) is 0.846. The fourth-order valence-corrected chi connectivity index (χ4v) is 2.54. The van der Waals surface area contributed by atoms with Crippen molar-refractivity contribution < 1.29 is 14.3 Å². The Kier molecular flexibility index (Phi) is 4.76. The highest BCUT2D eigenvalue weighted by atomic mass is 16.5. The van der Waals surface area contributed by atoms with Gasteiger partial charge >= 0.3 is 0 Å². The highest BCUT2D eigenvalue weighted by Crippen LogP contribution is 2.18. The van der Waals surface area contributed by atoms with Crippen molar-refractivity contribution in [3.8, 4) is 0 Å². The predicted octanol–water partition coefficient (Wildman–Crippen LogP) is -0.506. The first-order chi connectivity index (χ1) is 9.12. The largest absolute Gasteiger partial charge is 0.378 e. The van der Waals surface area contributed by atoms with Crippen molar-refractivity contribution >= 4 is 11.8 Å². The molecule has 0 aromatic heterocycles. The quantitative estimate of drug-likeness (QED) is 0.721. The van der Waals surface area contributed by atoms with Crippen LogP contribution in [-0.2, 0) is 14.3 Å². The van der Waals surface area contributed by atoms with Gasteiger partial charge in [0.2, 0.25) is 11.8 Å². The van der Waals surface area contributed by atoms with E-state index in [-0.39, 0.29) is 11.8 Å². The molecule has 19 heavy (non-hydrogen) atoms. The zero-order chi connectivity index (χ0) is 13.7. The van der Waals surface area contributed by atoms with E-state index in [1.807, 2.05) is 6.92 Å². The zero-order valence-corrected chi connectivity index (χ0v) is 11.5. The molecular weight excluding hydrogens is 246 g/mol. The monoisotopic (exact) mass is 269 g/mol. The van der Waals surface area contributed by atoms with Gasteiger partial charge in [0, 0.05) is 26.1 Å². The lowest BCUT2D eigenvalue weighted by atomic mass is 9.99. The Hall–Kier alpha value is -1.14. The number of rotatable bonds is 4. The molecule has 0 radical (unpaired) electrons. The third kappa shape index (κ3) is 3.67. The summed E-state index contributed by atoms with van der Waals surface area (Å²) in [5.74, 6) is 0.0907. The Balaban J connectivity index is 1.68. The van der Waals surface area contributed by atoms with Crippen LogP contribution in [0.5, 0.6) is 0 Å². The Bertz CT molecular complexity index is 334. The number of hydrogen-bond donors (Lipinski definition) is 2. The van der Waals surface area contributed by atoms with Crippen molar-refractivity contribution in [3.63, 3.8) is 0 Å². The average Bonchev–Trinajstić information content (AvgIpc) is 2.88. The maximum atomic E-state index is 12.0. The van der Waals surface area contributed by atoms with Gasteiger partial charge in [-0.1, -0.05) is 0 Å². The molecule has 6 nitrogen and oxygen atoms in total. The van der Waals surface area contributed by atoms with E-state index >= 15 is 0 Å². The first-order valence-corrected chi connectivity index (χ1v) is 7.01. The van der Waals surface area contributed by atoms with Crippen LogP contribution in [0.15, 0.2) is 0 Å².